The largest absolute Gasteiger partial charge is 0.320 e. The van der Waals surface area contributed by atoms with Crippen LogP contribution in [0.3, 0.4) is 0 Å². The van der Waals surface area contributed by atoms with E-state index < -0.39 is 0 Å². The lowest BCUT2D eigenvalue weighted by atomic mass is 9.96. The van der Waals surface area contributed by atoms with Gasteiger partial charge in [-0.1, -0.05) is 24.3 Å². The molecule has 4 heteroatoms. The number of benzene rings is 1. The smallest absolute Gasteiger partial charge is 0.0712 e. The molecule has 1 atom stereocenters. The molecule has 0 saturated carbocycles. The molecule has 4 rings (SSSR count). The summed E-state index contributed by atoms with van der Waals surface area (Å²) in [5.74, 6) is 0. The molecule has 0 aliphatic carbocycles. The van der Waals surface area contributed by atoms with Gasteiger partial charge in [0.05, 0.1) is 17.8 Å². The summed E-state index contributed by atoms with van der Waals surface area (Å²) in [5.41, 5.74) is 9.63. The zero-order valence-electron chi connectivity index (χ0n) is 11.3. The first-order valence-electron chi connectivity index (χ1n) is 6.85. The third-order valence-electron chi connectivity index (χ3n) is 3.84. The van der Waals surface area contributed by atoms with Crippen LogP contribution >= 0.6 is 0 Å². The molecule has 0 aliphatic rings. The van der Waals surface area contributed by atoms with Gasteiger partial charge in [0.25, 0.3) is 0 Å². The Hall–Kier alpha value is -2.72. The van der Waals surface area contributed by atoms with Crippen molar-refractivity contribution in [3.63, 3.8) is 0 Å². The molecule has 1 aromatic carbocycles. The van der Waals surface area contributed by atoms with Gasteiger partial charge < -0.3 is 5.73 Å². The van der Waals surface area contributed by atoms with Crippen molar-refractivity contribution >= 4 is 16.3 Å². The van der Waals surface area contributed by atoms with Gasteiger partial charge in [0.15, 0.2) is 0 Å². The molecule has 4 aromatic rings. The van der Waals surface area contributed by atoms with Crippen LogP contribution in [0.15, 0.2) is 67.3 Å². The molecule has 4 nitrogen and oxygen atoms in total. The molecule has 0 fully saturated rings. The van der Waals surface area contributed by atoms with Gasteiger partial charge >= 0.3 is 0 Å². The highest BCUT2D eigenvalue weighted by molar-refractivity contribution is 5.85. The Kier molecular flexibility index (Phi) is 2.69. The average molecular weight is 274 g/mol. The lowest BCUT2D eigenvalue weighted by Crippen LogP contribution is -2.12. The van der Waals surface area contributed by atoms with Crippen molar-refractivity contribution in [2.45, 2.75) is 6.04 Å². The molecule has 3 aromatic heterocycles. The Morgan fingerprint density at radius 1 is 0.952 bits per heavy atom. The van der Waals surface area contributed by atoms with Crippen LogP contribution in [0.5, 0.6) is 0 Å². The topological polar surface area (TPSA) is 56.2 Å². The Bertz CT molecular complexity index is 921. The maximum atomic E-state index is 6.51. The standard InChI is InChI=1S/C17H14N4/c18-17(15-11-20-21-9-2-1-6-16(15)21)13-5-3-4-12-7-8-19-10-14(12)13/h1-11,17H,18H2. The second-order valence-electron chi connectivity index (χ2n) is 5.05. The zero-order chi connectivity index (χ0) is 14.2. The van der Waals surface area contributed by atoms with Crippen LogP contribution in [0.25, 0.3) is 16.3 Å². The van der Waals surface area contributed by atoms with Gasteiger partial charge in [-0.2, -0.15) is 5.10 Å². The van der Waals surface area contributed by atoms with Crippen molar-refractivity contribution in [2.75, 3.05) is 0 Å². The van der Waals surface area contributed by atoms with E-state index in [4.69, 9.17) is 5.73 Å². The number of hydrogen-bond acceptors (Lipinski definition) is 3. The van der Waals surface area contributed by atoms with Crippen molar-refractivity contribution in [1.29, 1.82) is 0 Å². The van der Waals surface area contributed by atoms with Crippen LogP contribution in [0, 0.1) is 0 Å². The fraction of sp³-hybridized carbons (Fsp3) is 0.0588. The van der Waals surface area contributed by atoms with Crippen molar-refractivity contribution in [1.82, 2.24) is 14.6 Å². The Labute approximate surface area is 121 Å². The lowest BCUT2D eigenvalue weighted by Gasteiger charge is -2.13. The number of hydrogen-bond donors (Lipinski definition) is 1. The molecule has 102 valence electrons. The first-order chi connectivity index (χ1) is 10.3. The summed E-state index contributed by atoms with van der Waals surface area (Å²) >= 11 is 0. The van der Waals surface area contributed by atoms with Crippen LogP contribution in [0.4, 0.5) is 0 Å². The Balaban J connectivity index is 1.92. The number of nitrogens with zero attached hydrogens (tertiary/aromatic N) is 3. The number of fused-ring (bicyclic) bond motifs is 2. The third kappa shape index (κ3) is 1.88. The van der Waals surface area contributed by atoms with Gasteiger partial charge in [-0.05, 0) is 29.1 Å². The van der Waals surface area contributed by atoms with Crippen LogP contribution in [0.1, 0.15) is 17.2 Å². The van der Waals surface area contributed by atoms with E-state index >= 15 is 0 Å². The molecule has 0 bridgehead atoms. The van der Waals surface area contributed by atoms with Crippen LogP contribution in [-0.4, -0.2) is 14.6 Å². The highest BCUT2D eigenvalue weighted by atomic mass is 15.2. The molecule has 1 unspecified atom stereocenters. The van der Waals surface area contributed by atoms with E-state index in [1.165, 1.54) is 0 Å². The van der Waals surface area contributed by atoms with E-state index in [2.05, 4.69) is 22.2 Å². The normalized spacial score (nSPS) is 12.8. The minimum atomic E-state index is -0.224. The number of rotatable bonds is 2. The predicted molar refractivity (Wildman–Crippen MR) is 83.0 cm³/mol. The third-order valence-corrected chi connectivity index (χ3v) is 3.84. The Morgan fingerprint density at radius 3 is 2.86 bits per heavy atom. The van der Waals surface area contributed by atoms with Crippen molar-refractivity contribution < 1.29 is 0 Å². The zero-order valence-corrected chi connectivity index (χ0v) is 11.3. The highest BCUT2D eigenvalue weighted by Crippen LogP contribution is 2.28. The first-order valence-corrected chi connectivity index (χ1v) is 6.85. The minimum absolute atomic E-state index is 0.224. The van der Waals surface area contributed by atoms with E-state index in [-0.39, 0.29) is 6.04 Å². The van der Waals surface area contributed by atoms with E-state index in [1.807, 2.05) is 53.4 Å². The SMILES string of the molecule is NC(c1cccc2ccncc12)c1cnn2ccccc12. The van der Waals surface area contributed by atoms with Crippen LogP contribution in [0.2, 0.25) is 0 Å². The molecule has 0 radical (unpaired) electrons. The van der Waals surface area contributed by atoms with Gasteiger partial charge in [-0.15, -0.1) is 0 Å². The van der Waals surface area contributed by atoms with Gasteiger partial charge in [-0.3, -0.25) is 4.98 Å². The summed E-state index contributed by atoms with van der Waals surface area (Å²) in [6, 6.07) is 13.9. The molecule has 0 amide bonds. The number of aromatic nitrogens is 3. The summed E-state index contributed by atoms with van der Waals surface area (Å²) in [6.45, 7) is 0. The maximum absolute atomic E-state index is 6.51. The van der Waals surface area contributed by atoms with E-state index in [0.717, 1.165) is 27.4 Å². The van der Waals surface area contributed by atoms with Gasteiger partial charge in [0.2, 0.25) is 0 Å². The summed E-state index contributed by atoms with van der Waals surface area (Å²) in [7, 11) is 0. The first kappa shape index (κ1) is 12.1. The lowest BCUT2D eigenvalue weighted by molar-refractivity contribution is 0.889. The van der Waals surface area contributed by atoms with Crippen molar-refractivity contribution in [2.24, 2.45) is 5.73 Å². The minimum Gasteiger partial charge on any atom is -0.320 e. The van der Waals surface area contributed by atoms with Gasteiger partial charge in [-0.25, -0.2) is 4.52 Å². The molecule has 0 aliphatic heterocycles. The van der Waals surface area contributed by atoms with Gasteiger partial charge in [0, 0.05) is 29.5 Å². The maximum Gasteiger partial charge on any atom is 0.0712 e. The summed E-state index contributed by atoms with van der Waals surface area (Å²) in [6.07, 6.45) is 7.44. The molecule has 0 saturated heterocycles. The predicted octanol–water partition coefficient (Wildman–Crippen LogP) is 2.93. The second kappa shape index (κ2) is 4.68. The van der Waals surface area contributed by atoms with E-state index in [0.29, 0.717) is 0 Å². The second-order valence-corrected chi connectivity index (χ2v) is 5.05. The molecule has 3 heterocycles. The molecule has 2 N–H and O–H groups in total. The van der Waals surface area contributed by atoms with Crippen molar-refractivity contribution in [3.8, 4) is 0 Å². The van der Waals surface area contributed by atoms with Crippen LogP contribution in [-0.2, 0) is 0 Å². The highest BCUT2D eigenvalue weighted by Gasteiger charge is 2.16. The fourth-order valence-electron chi connectivity index (χ4n) is 2.77. The Morgan fingerprint density at radius 2 is 1.90 bits per heavy atom. The van der Waals surface area contributed by atoms with Crippen molar-refractivity contribution in [3.05, 3.63) is 78.4 Å². The number of nitrogens with two attached hydrogens (primary N) is 1. The van der Waals surface area contributed by atoms with Gasteiger partial charge in [0.1, 0.15) is 0 Å². The monoisotopic (exact) mass is 274 g/mol. The molecule has 21 heavy (non-hydrogen) atoms. The molecular weight excluding hydrogens is 260 g/mol. The summed E-state index contributed by atoms with van der Waals surface area (Å²) in [4.78, 5) is 4.22. The summed E-state index contributed by atoms with van der Waals surface area (Å²) < 4.78 is 1.85. The molecular formula is C17H14N4. The quantitative estimate of drug-likeness (QED) is 0.611. The van der Waals surface area contributed by atoms with E-state index in [9.17, 15) is 0 Å². The van der Waals surface area contributed by atoms with E-state index in [1.54, 1.807) is 6.20 Å². The fourth-order valence-corrected chi connectivity index (χ4v) is 2.77. The summed E-state index contributed by atoms with van der Waals surface area (Å²) in [5, 5.41) is 6.60. The molecule has 0 spiro atoms. The van der Waals surface area contributed by atoms with Crippen LogP contribution < -0.4 is 5.73 Å². The number of pyridine rings is 2. The average Bonchev–Trinajstić information content (AvgIpc) is 2.98.